The summed E-state index contributed by atoms with van der Waals surface area (Å²) in [4.78, 5) is 4.31. The van der Waals surface area contributed by atoms with Gasteiger partial charge in [0.2, 0.25) is 10.0 Å². The number of hydrogen-bond donors (Lipinski definition) is 1. The van der Waals surface area contributed by atoms with Crippen LogP contribution >= 0.6 is 0 Å². The standard InChI is InChI=1S/C25H21F2N3O2S/c26-22-10-9-19(13-23(22)27)29-24-16-30(15-21(24)17-5-2-1-3-6-17)33(31,32)25-8-4-7-18-14-28-12-11-20(18)25/h1-14,21,24,29H,15-16H2. The van der Waals surface area contributed by atoms with Crippen molar-refractivity contribution in [1.29, 1.82) is 0 Å². The van der Waals surface area contributed by atoms with Crippen LogP contribution in [0.1, 0.15) is 11.5 Å². The molecule has 168 valence electrons. The van der Waals surface area contributed by atoms with E-state index in [0.717, 1.165) is 23.1 Å². The fourth-order valence-electron chi connectivity index (χ4n) is 4.41. The number of sulfonamides is 1. The van der Waals surface area contributed by atoms with Crippen molar-refractivity contribution in [2.75, 3.05) is 18.4 Å². The second-order valence-electron chi connectivity index (χ2n) is 8.07. The van der Waals surface area contributed by atoms with E-state index in [-0.39, 0.29) is 29.9 Å². The quantitative estimate of drug-likeness (QED) is 0.461. The van der Waals surface area contributed by atoms with Crippen molar-refractivity contribution in [2.45, 2.75) is 16.9 Å². The van der Waals surface area contributed by atoms with E-state index in [1.54, 1.807) is 30.6 Å². The Morgan fingerprint density at radius 1 is 0.909 bits per heavy atom. The first-order valence-corrected chi connectivity index (χ1v) is 12.0. The molecule has 0 aliphatic carbocycles. The average Bonchev–Trinajstić information content (AvgIpc) is 3.26. The second-order valence-corrected chi connectivity index (χ2v) is 9.98. The largest absolute Gasteiger partial charge is 0.380 e. The van der Waals surface area contributed by atoms with Gasteiger partial charge in [-0.05, 0) is 29.8 Å². The average molecular weight is 466 g/mol. The fourth-order valence-corrected chi connectivity index (χ4v) is 6.11. The van der Waals surface area contributed by atoms with E-state index < -0.39 is 21.7 Å². The van der Waals surface area contributed by atoms with Gasteiger partial charge in [-0.3, -0.25) is 4.98 Å². The lowest BCUT2D eigenvalue weighted by Crippen LogP contribution is -2.32. The Balaban J connectivity index is 1.51. The number of aromatic nitrogens is 1. The lowest BCUT2D eigenvalue weighted by Gasteiger charge is -2.21. The van der Waals surface area contributed by atoms with Gasteiger partial charge in [-0.15, -0.1) is 0 Å². The molecule has 1 N–H and O–H groups in total. The van der Waals surface area contributed by atoms with Gasteiger partial charge in [-0.25, -0.2) is 17.2 Å². The summed E-state index contributed by atoms with van der Waals surface area (Å²) in [6.07, 6.45) is 3.21. The molecule has 0 saturated carbocycles. The van der Waals surface area contributed by atoms with Gasteiger partial charge >= 0.3 is 0 Å². The Bertz CT molecular complexity index is 1410. The number of fused-ring (bicyclic) bond motifs is 1. The highest BCUT2D eigenvalue weighted by molar-refractivity contribution is 7.89. The summed E-state index contributed by atoms with van der Waals surface area (Å²) in [5.41, 5.74) is 1.37. The molecule has 0 amide bonds. The molecule has 1 aliphatic heterocycles. The maximum atomic E-state index is 13.8. The number of anilines is 1. The van der Waals surface area contributed by atoms with Crippen LogP contribution in [0.25, 0.3) is 10.8 Å². The van der Waals surface area contributed by atoms with Crippen LogP contribution < -0.4 is 5.32 Å². The van der Waals surface area contributed by atoms with E-state index in [1.807, 2.05) is 36.4 Å². The van der Waals surface area contributed by atoms with Crippen LogP contribution in [0.4, 0.5) is 14.5 Å². The van der Waals surface area contributed by atoms with Crippen molar-refractivity contribution in [2.24, 2.45) is 0 Å². The zero-order valence-electron chi connectivity index (χ0n) is 17.5. The number of hydrogen-bond acceptors (Lipinski definition) is 4. The van der Waals surface area contributed by atoms with Crippen LogP contribution in [0.15, 0.2) is 90.1 Å². The molecular formula is C25H21F2N3O2S. The van der Waals surface area contributed by atoms with E-state index in [9.17, 15) is 17.2 Å². The van der Waals surface area contributed by atoms with Gasteiger partial charge in [-0.2, -0.15) is 4.31 Å². The van der Waals surface area contributed by atoms with Crippen molar-refractivity contribution in [3.8, 4) is 0 Å². The highest BCUT2D eigenvalue weighted by atomic mass is 32.2. The maximum Gasteiger partial charge on any atom is 0.243 e. The summed E-state index contributed by atoms with van der Waals surface area (Å²) in [5, 5.41) is 4.58. The lowest BCUT2D eigenvalue weighted by atomic mass is 9.94. The maximum absolute atomic E-state index is 13.8. The van der Waals surface area contributed by atoms with Crippen molar-refractivity contribution >= 4 is 26.5 Å². The Morgan fingerprint density at radius 3 is 2.52 bits per heavy atom. The van der Waals surface area contributed by atoms with Crippen LogP contribution in [-0.2, 0) is 10.0 Å². The van der Waals surface area contributed by atoms with Crippen LogP contribution in [0, 0.1) is 11.6 Å². The normalized spacial score (nSPS) is 19.1. The highest BCUT2D eigenvalue weighted by Gasteiger charge is 2.40. The van der Waals surface area contributed by atoms with Crippen molar-refractivity contribution in [3.05, 3.63) is 102 Å². The van der Waals surface area contributed by atoms with E-state index in [0.29, 0.717) is 11.1 Å². The topological polar surface area (TPSA) is 62.3 Å². The number of nitrogens with zero attached hydrogens (tertiary/aromatic N) is 2. The van der Waals surface area contributed by atoms with Crippen LogP contribution in [0.2, 0.25) is 0 Å². The summed E-state index contributed by atoms with van der Waals surface area (Å²) in [6, 6.07) is 19.7. The molecule has 0 spiro atoms. The van der Waals surface area contributed by atoms with Crippen LogP contribution in [0.3, 0.4) is 0 Å². The molecule has 0 radical (unpaired) electrons. The minimum Gasteiger partial charge on any atom is -0.380 e. The second kappa shape index (κ2) is 8.53. The Kier molecular flexibility index (Phi) is 5.55. The van der Waals surface area contributed by atoms with Crippen molar-refractivity contribution < 1.29 is 17.2 Å². The third-order valence-corrected chi connectivity index (χ3v) is 7.93. The van der Waals surface area contributed by atoms with Gasteiger partial charge in [0.15, 0.2) is 11.6 Å². The van der Waals surface area contributed by atoms with Gasteiger partial charge < -0.3 is 5.32 Å². The molecule has 2 heterocycles. The third kappa shape index (κ3) is 4.07. The first-order chi connectivity index (χ1) is 15.9. The molecule has 1 saturated heterocycles. The summed E-state index contributed by atoms with van der Waals surface area (Å²) >= 11 is 0. The first-order valence-electron chi connectivity index (χ1n) is 10.5. The number of benzene rings is 3. The van der Waals surface area contributed by atoms with Gasteiger partial charge in [0.1, 0.15) is 0 Å². The molecule has 4 aromatic rings. The van der Waals surface area contributed by atoms with Crippen LogP contribution in [0.5, 0.6) is 0 Å². The summed E-state index contributed by atoms with van der Waals surface area (Å²) in [6.45, 7) is 0.442. The minimum atomic E-state index is -3.81. The number of nitrogens with one attached hydrogen (secondary N) is 1. The molecule has 3 aromatic carbocycles. The van der Waals surface area contributed by atoms with Gasteiger partial charge in [-0.1, -0.05) is 42.5 Å². The molecule has 5 rings (SSSR count). The number of pyridine rings is 1. The van der Waals surface area contributed by atoms with Gasteiger partial charge in [0.05, 0.1) is 4.90 Å². The summed E-state index contributed by atoms with van der Waals surface area (Å²) in [5.74, 6) is -2.06. The molecular weight excluding hydrogens is 444 g/mol. The molecule has 1 fully saturated rings. The van der Waals surface area contributed by atoms with Crippen molar-refractivity contribution in [1.82, 2.24) is 9.29 Å². The van der Waals surface area contributed by atoms with Gasteiger partial charge in [0.25, 0.3) is 0 Å². The van der Waals surface area contributed by atoms with E-state index in [4.69, 9.17) is 0 Å². The first kappa shape index (κ1) is 21.5. The molecule has 5 nitrogen and oxygen atoms in total. The predicted octanol–water partition coefficient (Wildman–Crippen LogP) is 4.78. The van der Waals surface area contributed by atoms with Crippen LogP contribution in [-0.4, -0.2) is 36.8 Å². The van der Waals surface area contributed by atoms with E-state index >= 15 is 0 Å². The Hall–Kier alpha value is -3.36. The molecule has 0 bridgehead atoms. The van der Waals surface area contributed by atoms with Gasteiger partial charge in [0, 0.05) is 60.0 Å². The SMILES string of the molecule is O=S(=O)(c1cccc2cnccc12)N1CC(Nc2ccc(F)c(F)c2)C(c2ccccc2)C1. The van der Waals surface area contributed by atoms with E-state index in [1.165, 1.54) is 10.4 Å². The molecule has 2 unspecified atom stereocenters. The fraction of sp³-hybridized carbons (Fsp3) is 0.160. The predicted molar refractivity (Wildman–Crippen MR) is 123 cm³/mol. The van der Waals surface area contributed by atoms with Crippen molar-refractivity contribution in [3.63, 3.8) is 0 Å². The third-order valence-electron chi connectivity index (χ3n) is 6.04. The number of halogens is 2. The molecule has 33 heavy (non-hydrogen) atoms. The smallest absolute Gasteiger partial charge is 0.243 e. The highest BCUT2D eigenvalue weighted by Crippen LogP contribution is 2.35. The zero-order valence-corrected chi connectivity index (χ0v) is 18.3. The lowest BCUT2D eigenvalue weighted by molar-refractivity contribution is 0.472. The molecule has 8 heteroatoms. The minimum absolute atomic E-state index is 0.175. The summed E-state index contributed by atoms with van der Waals surface area (Å²) < 4.78 is 56.0. The monoisotopic (exact) mass is 465 g/mol. The Labute approximate surface area is 190 Å². The summed E-state index contributed by atoms with van der Waals surface area (Å²) in [7, 11) is -3.81. The zero-order chi connectivity index (χ0) is 23.0. The molecule has 1 aromatic heterocycles. The van der Waals surface area contributed by atoms with E-state index in [2.05, 4.69) is 10.3 Å². The molecule has 2 atom stereocenters. The number of rotatable bonds is 5. The molecule has 1 aliphatic rings. The Morgan fingerprint density at radius 2 is 1.73 bits per heavy atom.